The van der Waals surface area contributed by atoms with Crippen LogP contribution in [0.5, 0.6) is 0 Å². The summed E-state index contributed by atoms with van der Waals surface area (Å²) in [6, 6.07) is 4.76. The van der Waals surface area contributed by atoms with Gasteiger partial charge in [0.15, 0.2) is 0 Å². The van der Waals surface area contributed by atoms with Crippen molar-refractivity contribution in [2.24, 2.45) is 5.92 Å². The molecule has 1 fully saturated rings. The highest BCUT2D eigenvalue weighted by molar-refractivity contribution is 5.26. The van der Waals surface area contributed by atoms with Crippen molar-refractivity contribution >= 4 is 0 Å². The van der Waals surface area contributed by atoms with E-state index in [9.17, 15) is 9.50 Å². The molecule has 1 saturated heterocycles. The van der Waals surface area contributed by atoms with Crippen molar-refractivity contribution in [1.29, 1.82) is 0 Å². The summed E-state index contributed by atoms with van der Waals surface area (Å²) < 4.78 is 18.3. The molecule has 1 heterocycles. The first-order chi connectivity index (χ1) is 7.18. The van der Waals surface area contributed by atoms with Crippen LogP contribution in [-0.4, -0.2) is 18.3 Å². The number of rotatable bonds is 2. The lowest BCUT2D eigenvalue weighted by Crippen LogP contribution is -2.12. The minimum absolute atomic E-state index is 0.148. The Balaban J connectivity index is 2.17. The maximum absolute atomic E-state index is 13.0. The van der Waals surface area contributed by atoms with E-state index in [1.54, 1.807) is 19.1 Å². The van der Waals surface area contributed by atoms with Crippen LogP contribution in [0.25, 0.3) is 0 Å². The molecule has 1 aliphatic rings. The average molecular weight is 210 g/mol. The van der Waals surface area contributed by atoms with Crippen LogP contribution in [0.4, 0.5) is 4.39 Å². The number of hydrogen-bond donors (Lipinski definition) is 1. The highest BCUT2D eigenvalue weighted by atomic mass is 19.1. The lowest BCUT2D eigenvalue weighted by atomic mass is 9.94. The Kier molecular flexibility index (Phi) is 3.03. The molecule has 0 aliphatic carbocycles. The minimum Gasteiger partial charge on any atom is -0.388 e. The molecule has 2 rings (SSSR count). The summed E-state index contributed by atoms with van der Waals surface area (Å²) >= 11 is 0. The summed E-state index contributed by atoms with van der Waals surface area (Å²) in [5.41, 5.74) is 1.36. The molecule has 1 aromatic rings. The van der Waals surface area contributed by atoms with Crippen molar-refractivity contribution in [3.63, 3.8) is 0 Å². The van der Waals surface area contributed by atoms with Crippen molar-refractivity contribution in [3.05, 3.63) is 35.1 Å². The van der Waals surface area contributed by atoms with Gasteiger partial charge in [-0.3, -0.25) is 0 Å². The topological polar surface area (TPSA) is 29.5 Å². The first-order valence-electron chi connectivity index (χ1n) is 5.20. The zero-order chi connectivity index (χ0) is 10.8. The lowest BCUT2D eigenvalue weighted by molar-refractivity contribution is 0.0917. The molecule has 3 heteroatoms. The predicted molar refractivity (Wildman–Crippen MR) is 55.0 cm³/mol. The molecule has 2 nitrogen and oxygen atoms in total. The van der Waals surface area contributed by atoms with Crippen molar-refractivity contribution in [1.82, 2.24) is 0 Å². The number of aryl methyl sites for hydroxylation is 1. The molecule has 82 valence electrons. The largest absolute Gasteiger partial charge is 0.388 e. The highest BCUT2D eigenvalue weighted by Gasteiger charge is 2.25. The third kappa shape index (κ3) is 2.19. The number of aliphatic hydroxyl groups excluding tert-OH is 1. The summed E-state index contributed by atoms with van der Waals surface area (Å²) in [5, 5.41) is 10.0. The van der Waals surface area contributed by atoms with Gasteiger partial charge < -0.3 is 9.84 Å². The van der Waals surface area contributed by atoms with Gasteiger partial charge in [-0.1, -0.05) is 12.1 Å². The van der Waals surface area contributed by atoms with Gasteiger partial charge in [-0.15, -0.1) is 0 Å². The van der Waals surface area contributed by atoms with Gasteiger partial charge in [0.1, 0.15) is 5.82 Å². The smallest absolute Gasteiger partial charge is 0.126 e. The highest BCUT2D eigenvalue weighted by Crippen LogP contribution is 2.29. The van der Waals surface area contributed by atoms with Gasteiger partial charge in [0, 0.05) is 12.5 Å². The first kappa shape index (κ1) is 10.6. The SMILES string of the molecule is Cc1cc(C(O)C2CCOC2)ccc1F. The molecular weight excluding hydrogens is 195 g/mol. The molecule has 1 aromatic carbocycles. The molecular formula is C12H15FO2. The van der Waals surface area contributed by atoms with Gasteiger partial charge in [0.25, 0.3) is 0 Å². The fraction of sp³-hybridized carbons (Fsp3) is 0.500. The van der Waals surface area contributed by atoms with Crippen molar-refractivity contribution in [3.8, 4) is 0 Å². The van der Waals surface area contributed by atoms with E-state index >= 15 is 0 Å². The Morgan fingerprint density at radius 1 is 1.53 bits per heavy atom. The van der Waals surface area contributed by atoms with E-state index in [4.69, 9.17) is 4.74 Å². The zero-order valence-corrected chi connectivity index (χ0v) is 8.74. The molecule has 0 spiro atoms. The van der Waals surface area contributed by atoms with E-state index in [0.29, 0.717) is 18.8 Å². The second-order valence-electron chi connectivity index (χ2n) is 4.08. The third-order valence-corrected chi connectivity index (χ3v) is 2.93. The van der Waals surface area contributed by atoms with E-state index in [0.717, 1.165) is 12.0 Å². The van der Waals surface area contributed by atoms with Crippen LogP contribution in [0.1, 0.15) is 23.7 Å². The summed E-state index contributed by atoms with van der Waals surface area (Å²) in [4.78, 5) is 0. The van der Waals surface area contributed by atoms with Gasteiger partial charge in [-0.05, 0) is 30.5 Å². The van der Waals surface area contributed by atoms with E-state index < -0.39 is 6.10 Å². The van der Waals surface area contributed by atoms with Crippen molar-refractivity contribution in [2.75, 3.05) is 13.2 Å². The Hall–Kier alpha value is -0.930. The normalized spacial score (nSPS) is 23.0. The zero-order valence-electron chi connectivity index (χ0n) is 8.74. The van der Waals surface area contributed by atoms with Crippen LogP contribution in [0.3, 0.4) is 0 Å². The summed E-state index contributed by atoms with van der Waals surface area (Å²) in [7, 11) is 0. The molecule has 2 unspecified atom stereocenters. The first-order valence-corrected chi connectivity index (χ1v) is 5.20. The molecule has 1 aliphatic heterocycles. The van der Waals surface area contributed by atoms with Crippen LogP contribution in [-0.2, 0) is 4.74 Å². The Labute approximate surface area is 88.7 Å². The maximum atomic E-state index is 13.0. The Morgan fingerprint density at radius 2 is 2.33 bits per heavy atom. The second kappa shape index (κ2) is 4.29. The molecule has 0 radical (unpaired) electrons. The summed E-state index contributed by atoms with van der Waals surface area (Å²) in [6.45, 7) is 3.01. The van der Waals surface area contributed by atoms with E-state index in [2.05, 4.69) is 0 Å². The van der Waals surface area contributed by atoms with E-state index in [-0.39, 0.29) is 11.7 Å². The maximum Gasteiger partial charge on any atom is 0.126 e. The Bertz CT molecular complexity index is 345. The molecule has 0 bridgehead atoms. The van der Waals surface area contributed by atoms with E-state index in [1.807, 2.05) is 0 Å². The standard InChI is InChI=1S/C12H15FO2/c1-8-6-9(2-3-11(8)13)12(14)10-4-5-15-7-10/h2-3,6,10,12,14H,4-5,7H2,1H3. The molecule has 15 heavy (non-hydrogen) atoms. The Morgan fingerprint density at radius 3 is 2.93 bits per heavy atom. The fourth-order valence-electron chi connectivity index (χ4n) is 1.93. The fourth-order valence-corrected chi connectivity index (χ4v) is 1.93. The van der Waals surface area contributed by atoms with Crippen molar-refractivity contribution < 1.29 is 14.2 Å². The molecule has 0 amide bonds. The van der Waals surface area contributed by atoms with Crippen LogP contribution in [0, 0.1) is 18.7 Å². The number of hydrogen-bond acceptors (Lipinski definition) is 2. The number of benzene rings is 1. The third-order valence-electron chi connectivity index (χ3n) is 2.93. The average Bonchev–Trinajstić information content (AvgIpc) is 2.74. The van der Waals surface area contributed by atoms with Gasteiger partial charge >= 0.3 is 0 Å². The van der Waals surface area contributed by atoms with Gasteiger partial charge in [0.2, 0.25) is 0 Å². The molecule has 0 aromatic heterocycles. The van der Waals surface area contributed by atoms with E-state index in [1.165, 1.54) is 6.07 Å². The molecule has 1 N–H and O–H groups in total. The molecule has 0 saturated carbocycles. The van der Waals surface area contributed by atoms with Crippen LogP contribution >= 0.6 is 0 Å². The summed E-state index contributed by atoms with van der Waals surface area (Å²) in [5.74, 6) is -0.0801. The molecule has 2 atom stereocenters. The minimum atomic E-state index is -0.535. The van der Waals surface area contributed by atoms with Crippen LogP contribution in [0.15, 0.2) is 18.2 Å². The monoisotopic (exact) mass is 210 g/mol. The predicted octanol–water partition coefficient (Wildman–Crippen LogP) is 2.20. The van der Waals surface area contributed by atoms with Gasteiger partial charge in [-0.2, -0.15) is 0 Å². The van der Waals surface area contributed by atoms with Crippen molar-refractivity contribution in [2.45, 2.75) is 19.4 Å². The van der Waals surface area contributed by atoms with Gasteiger partial charge in [0.05, 0.1) is 12.7 Å². The quantitative estimate of drug-likeness (QED) is 0.810. The summed E-state index contributed by atoms with van der Waals surface area (Å²) in [6.07, 6.45) is 0.337. The number of ether oxygens (including phenoxy) is 1. The van der Waals surface area contributed by atoms with Crippen LogP contribution in [0.2, 0.25) is 0 Å². The van der Waals surface area contributed by atoms with Crippen LogP contribution < -0.4 is 0 Å². The number of aliphatic hydroxyl groups is 1. The van der Waals surface area contributed by atoms with Gasteiger partial charge in [-0.25, -0.2) is 4.39 Å². The second-order valence-corrected chi connectivity index (χ2v) is 4.08. The lowest BCUT2D eigenvalue weighted by Gasteiger charge is -2.17. The number of halogens is 1.